The van der Waals surface area contributed by atoms with Crippen molar-refractivity contribution in [2.45, 2.75) is 58.8 Å². The van der Waals surface area contributed by atoms with Crippen LogP contribution in [0.15, 0.2) is 0 Å². The Bertz CT molecular complexity index is 238. The topological polar surface area (TPSA) is 51.2 Å². The van der Waals surface area contributed by atoms with Crippen molar-refractivity contribution in [3.63, 3.8) is 0 Å². The first-order valence-electron chi connectivity index (χ1n) is 6.96. The lowest BCUT2D eigenvalue weighted by atomic mass is 9.85. The van der Waals surface area contributed by atoms with Gasteiger partial charge in [0, 0.05) is 18.8 Å². The number of aldehydes is 3. The van der Waals surface area contributed by atoms with E-state index in [0.717, 1.165) is 51.0 Å². The zero-order valence-corrected chi connectivity index (χ0v) is 11.6. The molecule has 0 amide bonds. The minimum absolute atomic E-state index is 0.111. The molecule has 0 saturated carbocycles. The zero-order valence-electron chi connectivity index (χ0n) is 11.6. The van der Waals surface area contributed by atoms with E-state index < -0.39 is 0 Å². The molecule has 0 saturated heterocycles. The van der Waals surface area contributed by atoms with Crippen LogP contribution in [0.25, 0.3) is 0 Å². The molecule has 3 atom stereocenters. The van der Waals surface area contributed by atoms with Gasteiger partial charge in [-0.3, -0.25) is 0 Å². The van der Waals surface area contributed by atoms with Crippen LogP contribution < -0.4 is 0 Å². The maximum absolute atomic E-state index is 10.6. The second-order valence-electron chi connectivity index (χ2n) is 5.40. The van der Waals surface area contributed by atoms with Gasteiger partial charge in [0.25, 0.3) is 0 Å². The van der Waals surface area contributed by atoms with Gasteiger partial charge in [0.15, 0.2) is 0 Å². The summed E-state index contributed by atoms with van der Waals surface area (Å²) in [6.07, 6.45) is 9.02. The first kappa shape index (κ1) is 17.0. The number of carbonyl (C=O) groups is 3. The van der Waals surface area contributed by atoms with Crippen LogP contribution in [0, 0.1) is 17.8 Å². The van der Waals surface area contributed by atoms with E-state index in [9.17, 15) is 14.4 Å². The van der Waals surface area contributed by atoms with E-state index >= 15 is 0 Å². The normalized spacial score (nSPS) is 15.7. The van der Waals surface area contributed by atoms with E-state index in [1.807, 2.05) is 6.92 Å². The summed E-state index contributed by atoms with van der Waals surface area (Å²) in [4.78, 5) is 31.4. The molecule has 0 aromatic rings. The van der Waals surface area contributed by atoms with Crippen LogP contribution in [0.5, 0.6) is 0 Å². The number of hydrogen-bond donors (Lipinski definition) is 0. The van der Waals surface area contributed by atoms with Crippen molar-refractivity contribution in [2.75, 3.05) is 0 Å². The molecule has 0 bridgehead atoms. The first-order valence-corrected chi connectivity index (χ1v) is 6.96. The molecule has 104 valence electrons. The average molecular weight is 254 g/mol. The molecule has 3 nitrogen and oxygen atoms in total. The Hall–Kier alpha value is -0.990. The number of hydrogen-bond acceptors (Lipinski definition) is 3. The minimum Gasteiger partial charge on any atom is -0.303 e. The molecule has 3 heteroatoms. The molecule has 0 fully saturated rings. The summed E-state index contributed by atoms with van der Waals surface area (Å²) in [5.41, 5.74) is 0. The highest BCUT2D eigenvalue weighted by molar-refractivity contribution is 5.52. The van der Waals surface area contributed by atoms with Crippen LogP contribution in [0.4, 0.5) is 0 Å². The highest BCUT2D eigenvalue weighted by Crippen LogP contribution is 2.25. The molecule has 0 radical (unpaired) electrons. The third-order valence-corrected chi connectivity index (χ3v) is 3.43. The van der Waals surface area contributed by atoms with Crippen LogP contribution in [-0.4, -0.2) is 18.9 Å². The van der Waals surface area contributed by atoms with Crippen molar-refractivity contribution in [1.29, 1.82) is 0 Å². The summed E-state index contributed by atoms with van der Waals surface area (Å²) in [7, 11) is 0. The Morgan fingerprint density at radius 1 is 0.944 bits per heavy atom. The van der Waals surface area contributed by atoms with E-state index in [2.05, 4.69) is 6.92 Å². The highest BCUT2D eigenvalue weighted by Gasteiger charge is 2.14. The molecule has 18 heavy (non-hydrogen) atoms. The van der Waals surface area contributed by atoms with Crippen LogP contribution in [0.3, 0.4) is 0 Å². The van der Waals surface area contributed by atoms with Gasteiger partial charge in [0.2, 0.25) is 0 Å². The average Bonchev–Trinajstić information content (AvgIpc) is 2.35. The summed E-state index contributed by atoms with van der Waals surface area (Å²) in [6, 6.07) is 0. The molecule has 0 aliphatic carbocycles. The lowest BCUT2D eigenvalue weighted by Crippen LogP contribution is -2.10. The fourth-order valence-electron chi connectivity index (χ4n) is 2.27. The van der Waals surface area contributed by atoms with Gasteiger partial charge < -0.3 is 14.4 Å². The maximum atomic E-state index is 10.6. The van der Waals surface area contributed by atoms with Crippen molar-refractivity contribution < 1.29 is 14.4 Å². The fraction of sp³-hybridized carbons (Fsp3) is 0.800. The smallest absolute Gasteiger partial charge is 0.122 e. The van der Waals surface area contributed by atoms with Crippen molar-refractivity contribution in [3.8, 4) is 0 Å². The van der Waals surface area contributed by atoms with Crippen molar-refractivity contribution in [1.82, 2.24) is 0 Å². The standard InChI is InChI=1S/C15H26O3/c1-13(8-10-17)11-15(5-3-4-9-16)7-6-14(2)12-18/h9-10,12-15H,3-8,11H2,1-2H3. The first-order chi connectivity index (χ1) is 8.63. The van der Waals surface area contributed by atoms with Crippen LogP contribution >= 0.6 is 0 Å². The van der Waals surface area contributed by atoms with Crippen molar-refractivity contribution >= 4 is 18.9 Å². The molecule has 0 heterocycles. The summed E-state index contributed by atoms with van der Waals surface area (Å²) in [5, 5.41) is 0. The Kier molecular flexibility index (Phi) is 10.5. The summed E-state index contributed by atoms with van der Waals surface area (Å²) >= 11 is 0. The third kappa shape index (κ3) is 9.08. The van der Waals surface area contributed by atoms with Gasteiger partial charge >= 0.3 is 0 Å². The predicted octanol–water partition coefficient (Wildman–Crippen LogP) is 3.20. The molecule has 0 aliphatic heterocycles. The molecule has 0 aliphatic rings. The summed E-state index contributed by atoms with van der Waals surface area (Å²) in [5.74, 6) is 1.04. The molecular formula is C15H26O3. The van der Waals surface area contributed by atoms with E-state index in [-0.39, 0.29) is 5.92 Å². The Morgan fingerprint density at radius 3 is 2.22 bits per heavy atom. The molecule has 0 aromatic heterocycles. The highest BCUT2D eigenvalue weighted by atomic mass is 16.1. The second-order valence-corrected chi connectivity index (χ2v) is 5.40. The van der Waals surface area contributed by atoms with Gasteiger partial charge in [-0.1, -0.05) is 20.3 Å². The predicted molar refractivity (Wildman–Crippen MR) is 72.3 cm³/mol. The van der Waals surface area contributed by atoms with E-state index in [1.165, 1.54) is 0 Å². The van der Waals surface area contributed by atoms with Crippen LogP contribution in [0.1, 0.15) is 58.8 Å². The van der Waals surface area contributed by atoms with E-state index in [4.69, 9.17) is 0 Å². The van der Waals surface area contributed by atoms with Crippen LogP contribution in [0.2, 0.25) is 0 Å². The molecule has 0 N–H and O–H groups in total. The fourth-order valence-corrected chi connectivity index (χ4v) is 2.27. The number of unbranched alkanes of at least 4 members (excludes halogenated alkanes) is 1. The van der Waals surface area contributed by atoms with Gasteiger partial charge in [-0.05, 0) is 37.5 Å². The van der Waals surface area contributed by atoms with Gasteiger partial charge in [0.05, 0.1) is 0 Å². The van der Waals surface area contributed by atoms with E-state index in [1.54, 1.807) is 0 Å². The molecular weight excluding hydrogens is 228 g/mol. The van der Waals surface area contributed by atoms with Crippen molar-refractivity contribution in [3.05, 3.63) is 0 Å². The minimum atomic E-state index is 0.111. The van der Waals surface area contributed by atoms with Crippen LogP contribution in [-0.2, 0) is 14.4 Å². The quantitative estimate of drug-likeness (QED) is 0.397. The zero-order chi connectivity index (χ0) is 13.8. The Morgan fingerprint density at radius 2 is 1.67 bits per heavy atom. The lowest BCUT2D eigenvalue weighted by Gasteiger charge is -2.20. The van der Waals surface area contributed by atoms with Gasteiger partial charge in [0.1, 0.15) is 18.9 Å². The van der Waals surface area contributed by atoms with Gasteiger partial charge in [-0.2, -0.15) is 0 Å². The van der Waals surface area contributed by atoms with E-state index in [0.29, 0.717) is 24.7 Å². The second kappa shape index (κ2) is 11.1. The SMILES string of the molecule is CC(C=O)CCC(CCCC=O)CC(C)CC=O. The Balaban J connectivity index is 4.09. The van der Waals surface area contributed by atoms with Gasteiger partial charge in [-0.25, -0.2) is 0 Å². The monoisotopic (exact) mass is 254 g/mol. The molecule has 0 spiro atoms. The lowest BCUT2D eigenvalue weighted by molar-refractivity contribution is -0.111. The largest absolute Gasteiger partial charge is 0.303 e. The Labute approximate surface area is 110 Å². The molecule has 3 unspecified atom stereocenters. The van der Waals surface area contributed by atoms with Crippen molar-refractivity contribution in [2.24, 2.45) is 17.8 Å². The number of carbonyl (C=O) groups excluding carboxylic acids is 3. The third-order valence-electron chi connectivity index (χ3n) is 3.43. The molecule has 0 aromatic carbocycles. The van der Waals surface area contributed by atoms with Gasteiger partial charge in [-0.15, -0.1) is 0 Å². The summed E-state index contributed by atoms with van der Waals surface area (Å²) < 4.78 is 0. The maximum Gasteiger partial charge on any atom is 0.122 e. The number of rotatable bonds is 12. The summed E-state index contributed by atoms with van der Waals surface area (Å²) in [6.45, 7) is 4.02. The molecule has 0 rings (SSSR count).